The summed E-state index contributed by atoms with van der Waals surface area (Å²) in [6.45, 7) is 0. The number of rotatable bonds is 8. The van der Waals surface area contributed by atoms with E-state index >= 15 is 0 Å². The second-order valence-electron chi connectivity index (χ2n) is 7.93. The summed E-state index contributed by atoms with van der Waals surface area (Å²) in [4.78, 5) is 44.3. The van der Waals surface area contributed by atoms with Gasteiger partial charge in [0.1, 0.15) is 5.82 Å². The average molecular weight is 501 g/mol. The molecule has 0 spiro atoms. The van der Waals surface area contributed by atoms with E-state index in [0.717, 1.165) is 12.4 Å². The molecule has 2 aromatic carbocycles. The van der Waals surface area contributed by atoms with E-state index in [1.54, 1.807) is 61.6 Å². The Kier molecular flexibility index (Phi) is 7.07. The van der Waals surface area contributed by atoms with Crippen molar-refractivity contribution in [3.8, 4) is 0 Å². The molecule has 0 radical (unpaired) electrons. The highest BCUT2D eigenvalue weighted by Crippen LogP contribution is 2.31. The van der Waals surface area contributed by atoms with Crippen LogP contribution in [-0.2, 0) is 0 Å². The number of aromatic amines is 1. The van der Waals surface area contributed by atoms with Crippen LogP contribution in [0.1, 0.15) is 41.2 Å². The molecular formula is C26H24N6O3S. The van der Waals surface area contributed by atoms with Crippen LogP contribution in [0, 0.1) is 10.8 Å². The molecule has 4 rings (SSSR count). The first-order valence-electron chi connectivity index (χ1n) is 11.0. The Balaban J connectivity index is 1.67. The van der Waals surface area contributed by atoms with Crippen molar-refractivity contribution >= 4 is 63.9 Å². The lowest BCUT2D eigenvalue weighted by molar-refractivity contribution is 0.0963. The van der Waals surface area contributed by atoms with Gasteiger partial charge >= 0.3 is 0 Å². The zero-order valence-electron chi connectivity index (χ0n) is 19.6. The van der Waals surface area contributed by atoms with Gasteiger partial charge in [0.2, 0.25) is 0 Å². The number of hydrogen-bond acceptors (Lipinski definition) is 6. The number of nitrogens with zero attached hydrogens (tertiary/aromatic N) is 1. The summed E-state index contributed by atoms with van der Waals surface area (Å²) in [5.74, 6) is -1.23. The molecule has 9 nitrogen and oxygen atoms in total. The van der Waals surface area contributed by atoms with E-state index in [1.807, 2.05) is 6.07 Å². The number of thiophene rings is 1. The van der Waals surface area contributed by atoms with Crippen LogP contribution in [0.15, 0.2) is 60.7 Å². The van der Waals surface area contributed by atoms with E-state index in [1.165, 1.54) is 23.3 Å². The molecule has 10 heteroatoms. The first kappa shape index (κ1) is 24.6. The molecule has 0 aliphatic rings. The fraction of sp³-hybridized carbons (Fsp3) is 0.115. The maximum Gasteiger partial charge on any atom is 0.266 e. The van der Waals surface area contributed by atoms with Crippen molar-refractivity contribution in [2.75, 3.05) is 24.3 Å². The zero-order valence-corrected chi connectivity index (χ0v) is 20.4. The lowest BCUT2D eigenvalue weighted by atomic mass is 10.1. The monoisotopic (exact) mass is 500 g/mol. The van der Waals surface area contributed by atoms with Crippen molar-refractivity contribution in [2.24, 2.45) is 0 Å². The third-order valence-corrected chi connectivity index (χ3v) is 6.91. The van der Waals surface area contributed by atoms with Gasteiger partial charge in [0, 0.05) is 53.6 Å². The molecule has 0 saturated heterocycles. The molecule has 0 bridgehead atoms. The number of aromatic nitrogens is 1. The summed E-state index contributed by atoms with van der Waals surface area (Å²) >= 11 is 1.18. The number of H-pyrrole nitrogens is 1. The Bertz CT molecular complexity index is 1470. The fourth-order valence-electron chi connectivity index (χ4n) is 3.78. The van der Waals surface area contributed by atoms with Gasteiger partial charge in [-0.15, -0.1) is 11.3 Å². The average Bonchev–Trinajstić information content (AvgIpc) is 3.53. The SMILES string of the molecule is CNC(=O)c1c(NC(=O)c2ccc(C(C=N)C=N)s2)[nH]c2cc(N(C)C(=O)c3ccccc3)ccc12. The molecule has 0 atom stereocenters. The van der Waals surface area contributed by atoms with E-state index in [0.29, 0.717) is 31.9 Å². The number of anilines is 2. The van der Waals surface area contributed by atoms with Crippen LogP contribution in [-0.4, -0.2) is 49.2 Å². The molecule has 5 N–H and O–H groups in total. The Morgan fingerprint density at radius 1 is 1.00 bits per heavy atom. The van der Waals surface area contributed by atoms with Crippen LogP contribution in [0.2, 0.25) is 0 Å². The minimum absolute atomic E-state index is 0.178. The van der Waals surface area contributed by atoms with Gasteiger partial charge in [-0.05, 0) is 42.5 Å². The Labute approximate surface area is 211 Å². The first-order valence-corrected chi connectivity index (χ1v) is 11.8. The van der Waals surface area contributed by atoms with E-state index in [-0.39, 0.29) is 23.2 Å². The Hall–Kier alpha value is -4.57. The molecule has 0 aliphatic heterocycles. The highest BCUT2D eigenvalue weighted by atomic mass is 32.1. The molecule has 4 aromatic rings. The highest BCUT2D eigenvalue weighted by molar-refractivity contribution is 7.14. The lowest BCUT2D eigenvalue weighted by Gasteiger charge is -2.17. The van der Waals surface area contributed by atoms with Gasteiger partial charge in [-0.25, -0.2) is 0 Å². The molecule has 36 heavy (non-hydrogen) atoms. The zero-order chi connectivity index (χ0) is 25.8. The van der Waals surface area contributed by atoms with Crippen LogP contribution in [0.3, 0.4) is 0 Å². The van der Waals surface area contributed by atoms with E-state index in [4.69, 9.17) is 10.8 Å². The quantitative estimate of drug-likeness (QED) is 0.227. The number of carbonyl (C=O) groups excluding carboxylic acids is 3. The summed E-state index contributed by atoms with van der Waals surface area (Å²) in [6, 6.07) is 17.5. The molecule has 0 aliphatic carbocycles. The molecule has 0 saturated carbocycles. The minimum atomic E-state index is -0.486. The van der Waals surface area contributed by atoms with E-state index in [2.05, 4.69) is 15.6 Å². The maximum atomic E-state index is 13.0. The van der Waals surface area contributed by atoms with Crippen LogP contribution >= 0.6 is 11.3 Å². The van der Waals surface area contributed by atoms with Crippen LogP contribution in [0.5, 0.6) is 0 Å². The van der Waals surface area contributed by atoms with Gasteiger partial charge in [-0.1, -0.05) is 18.2 Å². The molecule has 3 amide bonds. The Morgan fingerprint density at radius 2 is 1.72 bits per heavy atom. The molecular weight excluding hydrogens is 476 g/mol. The van der Waals surface area contributed by atoms with Crippen LogP contribution in [0.25, 0.3) is 10.9 Å². The third-order valence-electron chi connectivity index (χ3n) is 5.73. The van der Waals surface area contributed by atoms with Crippen molar-refractivity contribution in [1.29, 1.82) is 10.8 Å². The summed E-state index contributed by atoms with van der Waals surface area (Å²) in [5, 5.41) is 20.8. The smallest absolute Gasteiger partial charge is 0.266 e. The van der Waals surface area contributed by atoms with Crippen molar-refractivity contribution in [3.63, 3.8) is 0 Å². The normalized spacial score (nSPS) is 11.5. The predicted octanol–water partition coefficient (Wildman–Crippen LogP) is 4.50. The minimum Gasteiger partial charge on any atom is -0.355 e. The molecule has 0 unspecified atom stereocenters. The third kappa shape index (κ3) is 4.66. The number of hydrogen-bond donors (Lipinski definition) is 5. The highest BCUT2D eigenvalue weighted by Gasteiger charge is 2.22. The summed E-state index contributed by atoms with van der Waals surface area (Å²) in [5.41, 5.74) is 2.02. The van der Waals surface area contributed by atoms with Gasteiger partial charge in [0.15, 0.2) is 0 Å². The second kappa shape index (κ2) is 10.4. The Morgan fingerprint density at radius 3 is 2.39 bits per heavy atom. The van der Waals surface area contributed by atoms with Crippen molar-refractivity contribution in [1.82, 2.24) is 10.3 Å². The first-order chi connectivity index (χ1) is 17.4. The largest absolute Gasteiger partial charge is 0.355 e. The second-order valence-corrected chi connectivity index (χ2v) is 9.04. The molecule has 0 fully saturated rings. The van der Waals surface area contributed by atoms with E-state index < -0.39 is 11.8 Å². The molecule has 2 aromatic heterocycles. The predicted molar refractivity (Wildman–Crippen MR) is 143 cm³/mol. The molecule has 182 valence electrons. The summed E-state index contributed by atoms with van der Waals surface area (Å²) < 4.78 is 0. The van der Waals surface area contributed by atoms with Gasteiger partial charge in [0.05, 0.1) is 16.4 Å². The van der Waals surface area contributed by atoms with Gasteiger partial charge in [-0.3, -0.25) is 14.4 Å². The van der Waals surface area contributed by atoms with Crippen molar-refractivity contribution in [3.05, 3.63) is 81.5 Å². The standard InChI is InChI=1S/C26H24N6O3S/c1-29-25(34)22-18-9-8-17(32(2)26(35)15-6-4-3-5-7-15)12-19(18)30-23(22)31-24(33)21-11-10-20(36-21)16(13-27)14-28/h3-14,16,27-28,30H,1-2H3,(H,29,34)(H,31,33). The van der Waals surface area contributed by atoms with Crippen molar-refractivity contribution in [2.45, 2.75) is 5.92 Å². The maximum absolute atomic E-state index is 13.0. The van der Waals surface area contributed by atoms with Gasteiger partial charge in [0.25, 0.3) is 17.7 Å². The van der Waals surface area contributed by atoms with Crippen LogP contribution < -0.4 is 15.5 Å². The van der Waals surface area contributed by atoms with Gasteiger partial charge < -0.3 is 31.3 Å². The number of nitrogens with one attached hydrogen (secondary N) is 5. The number of carbonyl (C=O) groups is 3. The van der Waals surface area contributed by atoms with Crippen LogP contribution in [0.4, 0.5) is 11.5 Å². The fourth-order valence-corrected chi connectivity index (χ4v) is 4.72. The van der Waals surface area contributed by atoms with E-state index in [9.17, 15) is 14.4 Å². The topological polar surface area (TPSA) is 142 Å². The summed E-state index contributed by atoms with van der Waals surface area (Å²) in [7, 11) is 3.18. The number of benzene rings is 2. The lowest BCUT2D eigenvalue weighted by Crippen LogP contribution is -2.26. The number of amides is 3. The molecule has 2 heterocycles. The number of fused-ring (bicyclic) bond motifs is 1. The van der Waals surface area contributed by atoms with Gasteiger partial charge in [-0.2, -0.15) is 0 Å². The summed E-state index contributed by atoms with van der Waals surface area (Å²) in [6.07, 6.45) is 2.28. The van der Waals surface area contributed by atoms with Crippen molar-refractivity contribution < 1.29 is 14.4 Å².